The van der Waals surface area contributed by atoms with Gasteiger partial charge in [0.1, 0.15) is 5.82 Å². The summed E-state index contributed by atoms with van der Waals surface area (Å²) in [4.78, 5) is 36.7. The quantitative estimate of drug-likeness (QED) is 0.237. The predicted octanol–water partition coefficient (Wildman–Crippen LogP) is 5.24. The zero-order chi connectivity index (χ0) is 27.2. The molecule has 38 heavy (non-hydrogen) atoms. The lowest BCUT2D eigenvalue weighted by atomic mass is 10.0. The van der Waals surface area contributed by atoms with Gasteiger partial charge >= 0.3 is 0 Å². The lowest BCUT2D eigenvalue weighted by Crippen LogP contribution is -2.38. The molecule has 0 saturated carbocycles. The predicted molar refractivity (Wildman–Crippen MR) is 158 cm³/mol. The first-order valence-corrected chi connectivity index (χ1v) is 14.4. The van der Waals surface area contributed by atoms with Crippen LogP contribution in [0.2, 0.25) is 0 Å². The van der Waals surface area contributed by atoms with Gasteiger partial charge in [0, 0.05) is 29.5 Å². The second-order valence-electron chi connectivity index (χ2n) is 10.1. The summed E-state index contributed by atoms with van der Waals surface area (Å²) < 4.78 is 7.11. The SMILES string of the molecule is Cc1nsc2nc(CC(C)CN(CCCN(C)C)C(=O)c3ccc(Br)cc3)n(Cc3ccccc3)c(=O)c12. The van der Waals surface area contributed by atoms with Gasteiger partial charge in [-0.25, -0.2) is 4.98 Å². The van der Waals surface area contributed by atoms with Gasteiger partial charge in [-0.3, -0.25) is 14.2 Å². The van der Waals surface area contributed by atoms with Crippen LogP contribution in [0.3, 0.4) is 0 Å². The van der Waals surface area contributed by atoms with E-state index in [4.69, 9.17) is 4.98 Å². The van der Waals surface area contributed by atoms with Gasteiger partial charge in [-0.15, -0.1) is 0 Å². The number of halogens is 1. The van der Waals surface area contributed by atoms with Crippen LogP contribution in [0.1, 0.15) is 40.8 Å². The van der Waals surface area contributed by atoms with Gasteiger partial charge in [-0.2, -0.15) is 4.37 Å². The van der Waals surface area contributed by atoms with Crippen molar-refractivity contribution in [3.05, 3.63) is 92.1 Å². The number of hydrogen-bond acceptors (Lipinski definition) is 6. The summed E-state index contributed by atoms with van der Waals surface area (Å²) in [5.41, 5.74) is 2.38. The summed E-state index contributed by atoms with van der Waals surface area (Å²) in [6, 6.07) is 17.5. The highest BCUT2D eigenvalue weighted by Crippen LogP contribution is 2.20. The summed E-state index contributed by atoms with van der Waals surface area (Å²) in [6.45, 7) is 6.56. The van der Waals surface area contributed by atoms with E-state index in [2.05, 4.69) is 32.1 Å². The summed E-state index contributed by atoms with van der Waals surface area (Å²) in [5, 5.41) is 0.595. The largest absolute Gasteiger partial charge is 0.338 e. The average Bonchev–Trinajstić information content (AvgIpc) is 3.26. The van der Waals surface area contributed by atoms with Crippen molar-refractivity contribution in [3.63, 3.8) is 0 Å². The fourth-order valence-corrected chi connectivity index (χ4v) is 5.63. The number of carbonyl (C=O) groups excluding carboxylic acids is 1. The van der Waals surface area contributed by atoms with Gasteiger partial charge in [0.05, 0.1) is 17.6 Å². The molecule has 0 aliphatic rings. The van der Waals surface area contributed by atoms with Crippen LogP contribution >= 0.6 is 27.5 Å². The van der Waals surface area contributed by atoms with Gasteiger partial charge < -0.3 is 9.80 Å². The Hall–Kier alpha value is -2.88. The first-order valence-electron chi connectivity index (χ1n) is 12.8. The number of benzene rings is 2. The zero-order valence-electron chi connectivity index (χ0n) is 22.4. The molecule has 7 nitrogen and oxygen atoms in total. The third-order valence-corrected chi connectivity index (χ3v) is 7.87. The Kier molecular flexibility index (Phi) is 9.46. The second-order valence-corrected chi connectivity index (χ2v) is 11.7. The molecule has 200 valence electrons. The van der Waals surface area contributed by atoms with E-state index in [1.165, 1.54) is 11.5 Å². The Balaban J connectivity index is 1.60. The molecule has 0 saturated heterocycles. The molecule has 0 spiro atoms. The summed E-state index contributed by atoms with van der Waals surface area (Å²) in [5.74, 6) is 0.840. The van der Waals surface area contributed by atoms with E-state index in [-0.39, 0.29) is 17.4 Å². The molecule has 1 unspecified atom stereocenters. The van der Waals surface area contributed by atoms with Crippen LogP contribution in [0, 0.1) is 12.8 Å². The van der Waals surface area contributed by atoms with E-state index >= 15 is 0 Å². The first kappa shape index (κ1) is 28.1. The summed E-state index contributed by atoms with van der Waals surface area (Å²) in [6.07, 6.45) is 1.46. The van der Waals surface area contributed by atoms with Gasteiger partial charge in [-0.05, 0) is 81.3 Å². The van der Waals surface area contributed by atoms with E-state index < -0.39 is 0 Å². The van der Waals surface area contributed by atoms with Gasteiger partial charge in [-0.1, -0.05) is 53.2 Å². The topological polar surface area (TPSA) is 71.3 Å². The van der Waals surface area contributed by atoms with Crippen molar-refractivity contribution in [2.45, 2.75) is 33.2 Å². The molecule has 1 atom stereocenters. The number of aryl methyl sites for hydroxylation is 1. The van der Waals surface area contributed by atoms with Crippen molar-refractivity contribution in [2.75, 3.05) is 33.7 Å². The molecule has 0 fully saturated rings. The maximum atomic E-state index is 13.6. The summed E-state index contributed by atoms with van der Waals surface area (Å²) >= 11 is 4.72. The molecule has 4 rings (SSSR count). The van der Waals surface area contributed by atoms with E-state index in [1.54, 1.807) is 4.57 Å². The maximum absolute atomic E-state index is 13.6. The molecule has 4 aromatic rings. The minimum atomic E-state index is -0.0546. The summed E-state index contributed by atoms with van der Waals surface area (Å²) in [7, 11) is 4.08. The van der Waals surface area contributed by atoms with Crippen molar-refractivity contribution >= 4 is 43.6 Å². The van der Waals surface area contributed by atoms with E-state index in [1.807, 2.05) is 80.5 Å². The van der Waals surface area contributed by atoms with Gasteiger partial charge in [0.25, 0.3) is 11.5 Å². The number of hydrogen-bond donors (Lipinski definition) is 0. The number of carbonyl (C=O) groups is 1. The van der Waals surface area contributed by atoms with Crippen molar-refractivity contribution < 1.29 is 4.79 Å². The minimum Gasteiger partial charge on any atom is -0.338 e. The Morgan fingerprint density at radius 1 is 1.08 bits per heavy atom. The van der Waals surface area contributed by atoms with Crippen molar-refractivity contribution in [2.24, 2.45) is 5.92 Å². The maximum Gasteiger partial charge on any atom is 0.264 e. The third kappa shape index (κ3) is 6.95. The molecule has 2 aromatic heterocycles. The van der Waals surface area contributed by atoms with Crippen LogP contribution in [0.15, 0.2) is 63.9 Å². The monoisotopic (exact) mass is 595 g/mol. The molecule has 1 amide bonds. The third-order valence-electron chi connectivity index (χ3n) is 6.50. The number of aromatic nitrogens is 3. The van der Waals surface area contributed by atoms with Gasteiger partial charge in [0.2, 0.25) is 0 Å². The number of rotatable bonds is 11. The van der Waals surface area contributed by atoms with Crippen molar-refractivity contribution in [1.29, 1.82) is 0 Å². The molecular formula is C29H34BrN5O2S. The molecule has 0 N–H and O–H groups in total. The number of nitrogens with zero attached hydrogens (tertiary/aromatic N) is 5. The molecule has 0 bridgehead atoms. The number of amides is 1. The fourth-order valence-electron chi connectivity index (χ4n) is 4.58. The van der Waals surface area contributed by atoms with Crippen LogP contribution in [-0.2, 0) is 13.0 Å². The molecule has 2 heterocycles. The molecule has 0 radical (unpaired) electrons. The molecule has 0 aliphatic carbocycles. The average molecular weight is 597 g/mol. The molecule has 2 aromatic carbocycles. The fraction of sp³-hybridized carbons (Fsp3) is 0.379. The van der Waals surface area contributed by atoms with Crippen LogP contribution in [0.5, 0.6) is 0 Å². The van der Waals surface area contributed by atoms with Gasteiger partial charge in [0.15, 0.2) is 4.83 Å². The highest BCUT2D eigenvalue weighted by atomic mass is 79.9. The molecule has 9 heteroatoms. The highest BCUT2D eigenvalue weighted by molar-refractivity contribution is 9.10. The van der Waals surface area contributed by atoms with Crippen molar-refractivity contribution in [3.8, 4) is 0 Å². The Bertz CT molecular complexity index is 1430. The van der Waals surface area contributed by atoms with E-state index in [0.717, 1.165) is 34.5 Å². The van der Waals surface area contributed by atoms with Crippen LogP contribution in [0.25, 0.3) is 10.2 Å². The Morgan fingerprint density at radius 2 is 1.79 bits per heavy atom. The lowest BCUT2D eigenvalue weighted by molar-refractivity contribution is 0.0725. The number of fused-ring (bicyclic) bond motifs is 1. The Morgan fingerprint density at radius 3 is 2.47 bits per heavy atom. The first-order chi connectivity index (χ1) is 18.2. The van der Waals surface area contributed by atoms with E-state index in [9.17, 15) is 9.59 Å². The smallest absolute Gasteiger partial charge is 0.264 e. The van der Waals surface area contributed by atoms with Crippen molar-refractivity contribution in [1.82, 2.24) is 23.7 Å². The normalized spacial score (nSPS) is 12.3. The van der Waals surface area contributed by atoms with Crippen LogP contribution in [-0.4, -0.2) is 63.4 Å². The molecular weight excluding hydrogens is 562 g/mol. The Labute approximate surface area is 236 Å². The standard InChI is InChI=1S/C29H34BrN5O2S/c1-20(18-34(16-8-15-33(3)4)28(36)23-11-13-24(30)14-12-23)17-25-31-27-26(21(2)32-38-27)29(37)35(25)19-22-9-6-5-7-10-22/h5-7,9-14,20H,8,15-19H2,1-4H3. The molecule has 0 aliphatic heterocycles. The van der Waals surface area contributed by atoms with Crippen LogP contribution in [0.4, 0.5) is 0 Å². The van der Waals surface area contributed by atoms with E-state index in [0.29, 0.717) is 41.8 Å². The second kappa shape index (κ2) is 12.8. The lowest BCUT2D eigenvalue weighted by Gasteiger charge is -2.27. The minimum absolute atomic E-state index is 0.0197. The van der Waals surface area contributed by atoms with Crippen LogP contribution < -0.4 is 5.56 Å². The highest BCUT2D eigenvalue weighted by Gasteiger charge is 2.22. The zero-order valence-corrected chi connectivity index (χ0v) is 24.8.